The highest BCUT2D eigenvalue weighted by atomic mass is 16.5. The predicted octanol–water partition coefficient (Wildman–Crippen LogP) is 3.93. The molecule has 0 saturated heterocycles. The number of rotatable bonds is 7. The zero-order valence-electron chi connectivity index (χ0n) is 17.9. The lowest BCUT2D eigenvalue weighted by atomic mass is 10.1. The molecule has 7 heteroatoms. The first-order valence-corrected chi connectivity index (χ1v) is 9.80. The molecule has 2 amide bonds. The molecule has 2 rings (SSSR count). The number of aryl methyl sites for hydroxylation is 1. The van der Waals surface area contributed by atoms with Crippen LogP contribution in [0.15, 0.2) is 24.3 Å². The Labute approximate surface area is 171 Å². The van der Waals surface area contributed by atoms with Gasteiger partial charge < -0.3 is 19.9 Å². The summed E-state index contributed by atoms with van der Waals surface area (Å²) in [5, 5.41) is 2.80. The van der Waals surface area contributed by atoms with Crippen molar-refractivity contribution < 1.29 is 19.1 Å². The third-order valence-electron chi connectivity index (χ3n) is 4.65. The fourth-order valence-electron chi connectivity index (χ4n) is 3.14. The van der Waals surface area contributed by atoms with Crippen LogP contribution in [0.4, 0.5) is 5.69 Å². The molecular weight excluding hydrogens is 370 g/mol. The van der Waals surface area contributed by atoms with Gasteiger partial charge >= 0.3 is 5.97 Å². The van der Waals surface area contributed by atoms with E-state index in [1.54, 1.807) is 56.9 Å². The van der Waals surface area contributed by atoms with Gasteiger partial charge in [-0.25, -0.2) is 4.79 Å². The lowest BCUT2D eigenvalue weighted by Crippen LogP contribution is -2.30. The summed E-state index contributed by atoms with van der Waals surface area (Å²) in [6.07, 6.45) is -0.244. The fourth-order valence-corrected chi connectivity index (χ4v) is 3.14. The largest absolute Gasteiger partial charge is 0.459 e. The van der Waals surface area contributed by atoms with Gasteiger partial charge in [0.1, 0.15) is 5.69 Å². The highest BCUT2D eigenvalue weighted by molar-refractivity contribution is 6.07. The van der Waals surface area contributed by atoms with Crippen molar-refractivity contribution in [3.8, 4) is 0 Å². The summed E-state index contributed by atoms with van der Waals surface area (Å²) < 4.78 is 5.26. The number of aromatic nitrogens is 1. The van der Waals surface area contributed by atoms with E-state index in [2.05, 4.69) is 10.3 Å². The molecule has 0 spiro atoms. The van der Waals surface area contributed by atoms with Crippen molar-refractivity contribution in [2.45, 2.75) is 47.6 Å². The van der Waals surface area contributed by atoms with Gasteiger partial charge in [-0.1, -0.05) is 0 Å². The summed E-state index contributed by atoms with van der Waals surface area (Å²) in [5.74, 6) is -0.862. The molecule has 1 aromatic carbocycles. The maximum atomic E-state index is 12.7. The maximum absolute atomic E-state index is 12.7. The molecular formula is C22H29N3O4. The number of anilines is 1. The van der Waals surface area contributed by atoms with Crippen LogP contribution in [0.1, 0.15) is 70.2 Å². The van der Waals surface area contributed by atoms with Crippen LogP contribution in [0.5, 0.6) is 0 Å². The number of nitrogens with one attached hydrogen (secondary N) is 2. The molecule has 0 unspecified atom stereocenters. The standard InChI is InChI=1S/C22H29N3O4/c1-7-25(8-2)21(27)16-9-11-17(12-10-16)24-20(26)19-14(5)18(15(6)23-19)22(28)29-13(3)4/h9-13,23H,7-8H2,1-6H3,(H,24,26). The average Bonchev–Trinajstić information content (AvgIpc) is 2.97. The summed E-state index contributed by atoms with van der Waals surface area (Å²) in [5.41, 5.74) is 2.93. The summed E-state index contributed by atoms with van der Waals surface area (Å²) in [6.45, 7) is 12.1. The topological polar surface area (TPSA) is 91.5 Å². The van der Waals surface area contributed by atoms with E-state index in [0.717, 1.165) is 0 Å². The molecule has 0 saturated carbocycles. The molecule has 2 N–H and O–H groups in total. The fraction of sp³-hybridized carbons (Fsp3) is 0.409. The van der Waals surface area contributed by atoms with Crippen molar-refractivity contribution in [2.24, 2.45) is 0 Å². The number of hydrogen-bond donors (Lipinski definition) is 2. The van der Waals surface area contributed by atoms with Gasteiger partial charge in [0.05, 0.1) is 11.7 Å². The van der Waals surface area contributed by atoms with Crippen molar-refractivity contribution in [1.29, 1.82) is 0 Å². The van der Waals surface area contributed by atoms with Crippen molar-refractivity contribution in [3.63, 3.8) is 0 Å². The monoisotopic (exact) mass is 399 g/mol. The minimum absolute atomic E-state index is 0.0444. The van der Waals surface area contributed by atoms with Crippen molar-refractivity contribution in [1.82, 2.24) is 9.88 Å². The number of nitrogens with zero attached hydrogens (tertiary/aromatic N) is 1. The van der Waals surface area contributed by atoms with Crippen LogP contribution < -0.4 is 5.32 Å². The van der Waals surface area contributed by atoms with Crippen LogP contribution in [0.25, 0.3) is 0 Å². The molecule has 0 aliphatic carbocycles. The van der Waals surface area contributed by atoms with E-state index in [-0.39, 0.29) is 17.9 Å². The SMILES string of the molecule is CCN(CC)C(=O)c1ccc(NC(=O)c2[nH]c(C)c(C(=O)OC(C)C)c2C)cc1. The van der Waals surface area contributed by atoms with Gasteiger partial charge in [-0.2, -0.15) is 0 Å². The summed E-state index contributed by atoms with van der Waals surface area (Å²) in [6, 6.07) is 6.75. The van der Waals surface area contributed by atoms with Gasteiger partial charge in [-0.3, -0.25) is 9.59 Å². The zero-order valence-corrected chi connectivity index (χ0v) is 17.9. The molecule has 0 radical (unpaired) electrons. The van der Waals surface area contributed by atoms with Gasteiger partial charge in [0.25, 0.3) is 11.8 Å². The number of H-pyrrole nitrogens is 1. The predicted molar refractivity (Wildman–Crippen MR) is 112 cm³/mol. The number of esters is 1. The van der Waals surface area contributed by atoms with Gasteiger partial charge in [0.15, 0.2) is 0 Å². The molecule has 0 atom stereocenters. The molecule has 1 aromatic heterocycles. The highest BCUT2D eigenvalue weighted by Gasteiger charge is 2.23. The van der Waals surface area contributed by atoms with Gasteiger partial charge in [0, 0.05) is 30.0 Å². The van der Waals surface area contributed by atoms with Crippen molar-refractivity contribution >= 4 is 23.5 Å². The van der Waals surface area contributed by atoms with E-state index in [9.17, 15) is 14.4 Å². The highest BCUT2D eigenvalue weighted by Crippen LogP contribution is 2.21. The second-order valence-corrected chi connectivity index (χ2v) is 7.09. The Morgan fingerprint density at radius 2 is 1.66 bits per heavy atom. The second-order valence-electron chi connectivity index (χ2n) is 7.09. The average molecular weight is 399 g/mol. The molecule has 2 aromatic rings. The number of benzene rings is 1. The Hall–Kier alpha value is -3.09. The summed E-state index contributed by atoms with van der Waals surface area (Å²) in [7, 11) is 0. The Bertz CT molecular complexity index is 894. The van der Waals surface area contributed by atoms with E-state index in [1.807, 2.05) is 13.8 Å². The van der Waals surface area contributed by atoms with E-state index < -0.39 is 5.97 Å². The maximum Gasteiger partial charge on any atom is 0.340 e. The lowest BCUT2D eigenvalue weighted by Gasteiger charge is -2.18. The molecule has 1 heterocycles. The Balaban J connectivity index is 2.17. The lowest BCUT2D eigenvalue weighted by molar-refractivity contribution is 0.0376. The third kappa shape index (κ3) is 5.04. The van der Waals surface area contributed by atoms with Crippen molar-refractivity contribution in [3.05, 3.63) is 52.3 Å². The Morgan fingerprint density at radius 1 is 1.07 bits per heavy atom. The van der Waals surface area contributed by atoms with E-state index in [1.165, 1.54) is 0 Å². The van der Waals surface area contributed by atoms with Crippen LogP contribution in [-0.4, -0.2) is 46.9 Å². The number of hydrogen-bond acceptors (Lipinski definition) is 4. The number of carbonyl (C=O) groups is 3. The van der Waals surface area contributed by atoms with Crippen LogP contribution in [-0.2, 0) is 4.74 Å². The van der Waals surface area contributed by atoms with Crippen LogP contribution in [0, 0.1) is 13.8 Å². The smallest absolute Gasteiger partial charge is 0.340 e. The number of amides is 2. The van der Waals surface area contributed by atoms with Gasteiger partial charge in [-0.05, 0) is 71.4 Å². The minimum atomic E-state index is -0.454. The van der Waals surface area contributed by atoms with E-state index >= 15 is 0 Å². The van der Waals surface area contributed by atoms with E-state index in [4.69, 9.17) is 4.74 Å². The Kier molecular flexibility index (Phi) is 7.20. The first-order valence-electron chi connectivity index (χ1n) is 9.80. The first kappa shape index (κ1) is 22.2. The Morgan fingerprint density at radius 3 is 2.17 bits per heavy atom. The number of carbonyl (C=O) groups excluding carboxylic acids is 3. The van der Waals surface area contributed by atoms with Gasteiger partial charge in [0.2, 0.25) is 0 Å². The molecule has 0 aliphatic heterocycles. The molecule has 156 valence electrons. The molecule has 0 fully saturated rings. The minimum Gasteiger partial charge on any atom is -0.459 e. The normalized spacial score (nSPS) is 10.7. The number of ether oxygens (including phenoxy) is 1. The van der Waals surface area contributed by atoms with Crippen LogP contribution >= 0.6 is 0 Å². The first-order chi connectivity index (χ1) is 13.7. The third-order valence-corrected chi connectivity index (χ3v) is 4.65. The summed E-state index contributed by atoms with van der Waals surface area (Å²) >= 11 is 0. The van der Waals surface area contributed by atoms with E-state index in [0.29, 0.717) is 46.9 Å². The summed E-state index contributed by atoms with van der Waals surface area (Å²) in [4.78, 5) is 42.1. The van der Waals surface area contributed by atoms with Crippen LogP contribution in [0.3, 0.4) is 0 Å². The zero-order chi connectivity index (χ0) is 21.7. The van der Waals surface area contributed by atoms with Crippen molar-refractivity contribution in [2.75, 3.05) is 18.4 Å². The molecule has 0 bridgehead atoms. The molecule has 29 heavy (non-hydrogen) atoms. The van der Waals surface area contributed by atoms with Gasteiger partial charge in [-0.15, -0.1) is 0 Å². The second kappa shape index (κ2) is 9.41. The molecule has 0 aliphatic rings. The van der Waals surface area contributed by atoms with Crippen LogP contribution in [0.2, 0.25) is 0 Å². The number of aromatic amines is 1. The quantitative estimate of drug-likeness (QED) is 0.690. The molecule has 7 nitrogen and oxygen atoms in total.